The molecule has 4 aromatic rings. The Morgan fingerprint density at radius 3 is 2.28 bits per heavy atom. The number of benzene rings is 3. The molecule has 0 aliphatic heterocycles. The maximum absolute atomic E-state index is 12.5. The minimum absolute atomic E-state index is 0.120. The summed E-state index contributed by atoms with van der Waals surface area (Å²) in [6, 6.07) is 25.0. The molecule has 3 N–H and O–H groups in total. The third kappa shape index (κ3) is 3.63. The van der Waals surface area contributed by atoms with Crippen LogP contribution in [0, 0.1) is 0 Å². The van der Waals surface area contributed by atoms with Gasteiger partial charge in [-0.25, -0.2) is 13.4 Å². The summed E-state index contributed by atoms with van der Waals surface area (Å²) >= 11 is 0. The number of nitrogens with one attached hydrogen (secondary N) is 1. The number of fused-ring (bicyclic) bond motifs is 1. The van der Waals surface area contributed by atoms with Gasteiger partial charge in [0.05, 0.1) is 16.1 Å². The molecule has 0 saturated carbocycles. The quantitative estimate of drug-likeness (QED) is 0.392. The predicted molar refractivity (Wildman–Crippen MR) is 117 cm³/mol. The number of sulfonamides is 1. The van der Waals surface area contributed by atoms with E-state index in [-0.39, 0.29) is 4.90 Å². The van der Waals surface area contributed by atoms with Gasteiger partial charge in [-0.3, -0.25) is 0 Å². The largest absolute Gasteiger partial charge is 0.398 e. The van der Waals surface area contributed by atoms with E-state index >= 15 is 0 Å². The van der Waals surface area contributed by atoms with Crippen LogP contribution in [0.2, 0.25) is 0 Å². The minimum Gasteiger partial charge on any atom is -0.398 e. The fraction of sp³-hybridized carbons (Fsp3) is 0.0909. The van der Waals surface area contributed by atoms with Crippen LogP contribution in [0.3, 0.4) is 0 Å². The lowest BCUT2D eigenvalue weighted by molar-refractivity contribution is 0.364. The Kier molecular flexibility index (Phi) is 4.87. The predicted octanol–water partition coefficient (Wildman–Crippen LogP) is 3.63. The van der Waals surface area contributed by atoms with Gasteiger partial charge in [-0.15, -0.1) is 4.83 Å². The van der Waals surface area contributed by atoms with Crippen molar-refractivity contribution in [1.82, 2.24) is 14.4 Å². The number of nitrogen functional groups attached to an aromatic ring is 1. The van der Waals surface area contributed by atoms with Crippen LogP contribution in [0.5, 0.6) is 0 Å². The number of rotatable bonds is 5. The van der Waals surface area contributed by atoms with Crippen LogP contribution in [-0.4, -0.2) is 32.1 Å². The molecule has 0 bridgehead atoms. The molecule has 29 heavy (non-hydrogen) atoms. The Morgan fingerprint density at radius 2 is 1.59 bits per heavy atom. The summed E-state index contributed by atoms with van der Waals surface area (Å²) in [7, 11) is -0.442. The molecule has 0 fully saturated rings. The molecule has 1 aromatic heterocycles. The maximum atomic E-state index is 12.5. The molecule has 0 aliphatic rings. The van der Waals surface area contributed by atoms with Crippen LogP contribution < -0.4 is 10.6 Å². The summed E-state index contributed by atoms with van der Waals surface area (Å²) in [5.41, 5.74) is 10.5. The first-order chi connectivity index (χ1) is 13.9. The van der Waals surface area contributed by atoms with Crippen molar-refractivity contribution in [3.63, 3.8) is 0 Å². The molecule has 1 heterocycles. The van der Waals surface area contributed by atoms with Gasteiger partial charge in [-0.05, 0) is 42.5 Å². The van der Waals surface area contributed by atoms with E-state index in [4.69, 9.17) is 5.73 Å². The zero-order valence-corrected chi connectivity index (χ0v) is 17.0. The average molecular weight is 407 g/mol. The lowest BCUT2D eigenvalue weighted by Crippen LogP contribution is -2.36. The fourth-order valence-electron chi connectivity index (χ4n) is 3.44. The van der Waals surface area contributed by atoms with E-state index in [0.717, 1.165) is 27.8 Å². The first-order valence-electron chi connectivity index (χ1n) is 9.12. The highest BCUT2D eigenvalue weighted by atomic mass is 32.2. The van der Waals surface area contributed by atoms with Gasteiger partial charge in [0.15, 0.2) is 0 Å². The van der Waals surface area contributed by atoms with E-state index in [1.807, 2.05) is 48.5 Å². The number of hydrogen-bond donors (Lipinski definition) is 2. The van der Waals surface area contributed by atoms with Crippen LogP contribution in [-0.2, 0) is 10.0 Å². The lowest BCUT2D eigenvalue weighted by atomic mass is 10.1. The van der Waals surface area contributed by atoms with Crippen molar-refractivity contribution in [2.45, 2.75) is 4.90 Å². The molecule has 0 spiro atoms. The fourth-order valence-corrected chi connectivity index (χ4v) is 4.56. The average Bonchev–Trinajstić information content (AvgIpc) is 3.06. The molecule has 0 saturated heterocycles. The molecule has 0 amide bonds. The van der Waals surface area contributed by atoms with Crippen molar-refractivity contribution in [2.24, 2.45) is 0 Å². The van der Waals surface area contributed by atoms with Crippen molar-refractivity contribution in [3.05, 3.63) is 78.9 Å². The molecule has 7 heteroatoms. The first-order valence-corrected chi connectivity index (χ1v) is 10.6. The molecule has 0 atom stereocenters. The number of hydrazine groups is 1. The van der Waals surface area contributed by atoms with Gasteiger partial charge in [0.2, 0.25) is 0 Å². The Labute approximate surface area is 170 Å². The standard InChI is InChI=1S/C22H22N4O2S/c1-25(2)24-29(27,28)18-12-13-19(20(23)15-18)22-14-16-8-6-7-11-21(16)26(22)17-9-4-3-5-10-17/h3-15,24H,23H2,1-2H3. The van der Waals surface area contributed by atoms with E-state index in [0.29, 0.717) is 5.69 Å². The summed E-state index contributed by atoms with van der Waals surface area (Å²) < 4.78 is 27.0. The van der Waals surface area contributed by atoms with E-state index in [1.54, 1.807) is 26.2 Å². The molecule has 4 rings (SSSR count). The Morgan fingerprint density at radius 1 is 0.897 bits per heavy atom. The molecule has 148 valence electrons. The molecule has 6 nitrogen and oxygen atoms in total. The number of nitrogens with two attached hydrogens (primary N) is 1. The molecule has 0 aliphatic carbocycles. The molecule has 0 radical (unpaired) electrons. The lowest BCUT2D eigenvalue weighted by Gasteiger charge is -2.15. The molecule has 3 aromatic carbocycles. The van der Waals surface area contributed by atoms with Crippen LogP contribution in [0.25, 0.3) is 27.8 Å². The number of hydrogen-bond acceptors (Lipinski definition) is 4. The summed E-state index contributed by atoms with van der Waals surface area (Å²) in [6.07, 6.45) is 0. The van der Waals surface area contributed by atoms with Crippen molar-refractivity contribution in [1.29, 1.82) is 0 Å². The SMILES string of the molecule is CN(C)NS(=O)(=O)c1ccc(-c2cc3ccccc3n2-c2ccccc2)c(N)c1. The smallest absolute Gasteiger partial charge is 0.253 e. The van der Waals surface area contributed by atoms with Gasteiger partial charge in [0.25, 0.3) is 10.0 Å². The maximum Gasteiger partial charge on any atom is 0.253 e. The van der Waals surface area contributed by atoms with Crippen LogP contribution in [0.15, 0.2) is 83.8 Å². The summed E-state index contributed by atoms with van der Waals surface area (Å²) in [4.78, 5) is 2.55. The Bertz CT molecular complexity index is 1280. The zero-order chi connectivity index (χ0) is 20.6. The van der Waals surface area contributed by atoms with Gasteiger partial charge in [-0.2, -0.15) is 0 Å². The normalized spacial score (nSPS) is 12.0. The van der Waals surface area contributed by atoms with Crippen LogP contribution >= 0.6 is 0 Å². The van der Waals surface area contributed by atoms with E-state index in [1.165, 1.54) is 11.1 Å². The van der Waals surface area contributed by atoms with Gasteiger partial charge in [0, 0.05) is 36.4 Å². The number of aromatic nitrogens is 1. The Hall–Kier alpha value is -3.13. The van der Waals surface area contributed by atoms with E-state index in [9.17, 15) is 8.42 Å². The Balaban J connectivity index is 1.90. The third-order valence-electron chi connectivity index (χ3n) is 4.64. The minimum atomic E-state index is -3.68. The van der Waals surface area contributed by atoms with Gasteiger partial charge in [0.1, 0.15) is 0 Å². The second-order valence-electron chi connectivity index (χ2n) is 7.00. The highest BCUT2D eigenvalue weighted by Gasteiger charge is 2.19. The molecular formula is C22H22N4O2S. The topological polar surface area (TPSA) is 80.4 Å². The molecular weight excluding hydrogens is 384 g/mol. The highest BCUT2D eigenvalue weighted by Crippen LogP contribution is 2.35. The number of anilines is 1. The van der Waals surface area contributed by atoms with Gasteiger partial charge >= 0.3 is 0 Å². The van der Waals surface area contributed by atoms with Crippen molar-refractivity contribution in [3.8, 4) is 16.9 Å². The van der Waals surface area contributed by atoms with Crippen molar-refractivity contribution in [2.75, 3.05) is 19.8 Å². The monoisotopic (exact) mass is 406 g/mol. The molecule has 0 unspecified atom stereocenters. The second kappa shape index (κ2) is 7.36. The van der Waals surface area contributed by atoms with E-state index < -0.39 is 10.0 Å². The highest BCUT2D eigenvalue weighted by molar-refractivity contribution is 7.89. The number of nitrogens with zero attached hydrogens (tertiary/aromatic N) is 2. The van der Waals surface area contributed by atoms with E-state index in [2.05, 4.69) is 21.5 Å². The van der Waals surface area contributed by atoms with Crippen molar-refractivity contribution < 1.29 is 8.42 Å². The first kappa shape index (κ1) is 19.2. The third-order valence-corrected chi connectivity index (χ3v) is 6.12. The summed E-state index contributed by atoms with van der Waals surface area (Å²) in [5.74, 6) is 0. The van der Waals surface area contributed by atoms with Gasteiger partial charge in [-0.1, -0.05) is 36.4 Å². The summed E-state index contributed by atoms with van der Waals surface area (Å²) in [6.45, 7) is 0. The van der Waals surface area contributed by atoms with Crippen LogP contribution in [0.4, 0.5) is 5.69 Å². The second-order valence-corrected chi connectivity index (χ2v) is 8.66. The number of para-hydroxylation sites is 2. The van der Waals surface area contributed by atoms with Crippen molar-refractivity contribution >= 4 is 26.6 Å². The van der Waals surface area contributed by atoms with Gasteiger partial charge < -0.3 is 10.3 Å². The summed E-state index contributed by atoms with van der Waals surface area (Å²) in [5, 5.41) is 2.46. The van der Waals surface area contributed by atoms with Crippen LogP contribution in [0.1, 0.15) is 0 Å². The zero-order valence-electron chi connectivity index (χ0n) is 16.2.